The van der Waals surface area contributed by atoms with E-state index in [2.05, 4.69) is 10.3 Å². The molecule has 0 aliphatic rings. The number of nitrogens with zero attached hydrogens (tertiary/aromatic N) is 1. The van der Waals surface area contributed by atoms with Gasteiger partial charge < -0.3 is 16.8 Å². The van der Waals surface area contributed by atoms with Gasteiger partial charge in [0.25, 0.3) is 0 Å². The van der Waals surface area contributed by atoms with Crippen molar-refractivity contribution >= 4 is 23.0 Å². The standard InChI is InChI=1S/C22H22N4O/c1-15(27)17-5-4-6-18(14-17)26-22(24)20-8-3-2-7-19(20)21(23)13-16-9-11-25-12-10-16/h2-12,14,26H,13,23-24H2,1H3/b21-19-,22-20+. The number of anilines is 1. The Morgan fingerprint density at radius 3 is 2.37 bits per heavy atom. The molecule has 0 aliphatic heterocycles. The van der Waals surface area contributed by atoms with E-state index in [9.17, 15) is 4.79 Å². The SMILES string of the molecule is CC(=O)c1cccc(N/C(N)=c2\cccc\c2=C(\N)Cc2ccncc2)c1. The first-order chi connectivity index (χ1) is 13.0. The number of aromatic nitrogens is 1. The lowest BCUT2D eigenvalue weighted by Crippen LogP contribution is -2.36. The molecule has 5 N–H and O–H groups in total. The fourth-order valence-corrected chi connectivity index (χ4v) is 2.85. The molecule has 5 heteroatoms. The van der Waals surface area contributed by atoms with Crippen LogP contribution in [0.4, 0.5) is 5.69 Å². The Labute approximate surface area is 158 Å². The average Bonchev–Trinajstić information content (AvgIpc) is 2.69. The number of carbonyl (C=O) groups is 1. The Kier molecular flexibility index (Phi) is 5.52. The van der Waals surface area contributed by atoms with E-state index in [4.69, 9.17) is 11.5 Å². The average molecular weight is 358 g/mol. The summed E-state index contributed by atoms with van der Waals surface area (Å²) < 4.78 is 0. The van der Waals surface area contributed by atoms with E-state index < -0.39 is 0 Å². The number of pyridine rings is 1. The van der Waals surface area contributed by atoms with E-state index in [1.54, 1.807) is 24.5 Å². The zero-order valence-corrected chi connectivity index (χ0v) is 15.1. The van der Waals surface area contributed by atoms with Gasteiger partial charge in [-0.25, -0.2) is 0 Å². The van der Waals surface area contributed by atoms with Crippen LogP contribution >= 0.6 is 0 Å². The molecule has 0 atom stereocenters. The normalized spacial score (nSPS) is 12.9. The number of hydrogen-bond donors (Lipinski definition) is 3. The minimum absolute atomic E-state index is 0.00699. The maximum atomic E-state index is 11.6. The zero-order valence-electron chi connectivity index (χ0n) is 15.1. The smallest absolute Gasteiger partial charge is 0.159 e. The van der Waals surface area contributed by atoms with Crippen molar-refractivity contribution in [2.75, 3.05) is 5.32 Å². The minimum Gasteiger partial charge on any atom is -0.401 e. The summed E-state index contributed by atoms with van der Waals surface area (Å²) in [6.45, 7) is 1.54. The third-order valence-electron chi connectivity index (χ3n) is 4.26. The zero-order chi connectivity index (χ0) is 19.2. The van der Waals surface area contributed by atoms with Gasteiger partial charge in [0.2, 0.25) is 0 Å². The minimum atomic E-state index is 0.00699. The van der Waals surface area contributed by atoms with Gasteiger partial charge >= 0.3 is 0 Å². The van der Waals surface area contributed by atoms with Crippen molar-refractivity contribution in [1.82, 2.24) is 4.98 Å². The third-order valence-corrected chi connectivity index (χ3v) is 4.26. The molecule has 2 aromatic carbocycles. The van der Waals surface area contributed by atoms with E-state index in [1.165, 1.54) is 6.92 Å². The lowest BCUT2D eigenvalue weighted by molar-refractivity contribution is 0.101. The second-order valence-corrected chi connectivity index (χ2v) is 6.28. The van der Waals surface area contributed by atoms with Crippen LogP contribution in [0, 0.1) is 0 Å². The summed E-state index contributed by atoms with van der Waals surface area (Å²) in [5.41, 5.74) is 15.9. The van der Waals surface area contributed by atoms with Gasteiger partial charge in [0.05, 0.1) is 0 Å². The number of carbonyl (C=O) groups excluding carboxylic acids is 1. The van der Waals surface area contributed by atoms with Crippen molar-refractivity contribution in [3.05, 3.63) is 94.6 Å². The van der Waals surface area contributed by atoms with Crippen molar-refractivity contribution in [1.29, 1.82) is 0 Å². The molecular formula is C22H22N4O. The van der Waals surface area contributed by atoms with Gasteiger partial charge in [-0.05, 0) is 36.8 Å². The molecule has 1 heterocycles. The summed E-state index contributed by atoms with van der Waals surface area (Å²) in [6.07, 6.45) is 4.10. The van der Waals surface area contributed by atoms with Gasteiger partial charge in [0.15, 0.2) is 5.78 Å². The second-order valence-electron chi connectivity index (χ2n) is 6.28. The topological polar surface area (TPSA) is 94.0 Å². The van der Waals surface area contributed by atoms with Gasteiger partial charge in [0.1, 0.15) is 5.82 Å². The van der Waals surface area contributed by atoms with Crippen LogP contribution in [0.15, 0.2) is 73.1 Å². The van der Waals surface area contributed by atoms with Gasteiger partial charge in [-0.15, -0.1) is 0 Å². The van der Waals surface area contributed by atoms with Crippen molar-refractivity contribution in [2.24, 2.45) is 11.5 Å². The molecule has 27 heavy (non-hydrogen) atoms. The first-order valence-electron chi connectivity index (χ1n) is 8.65. The summed E-state index contributed by atoms with van der Waals surface area (Å²) in [5.74, 6) is 0.483. The number of benzene rings is 2. The molecule has 0 unspecified atom stereocenters. The number of Topliss-reactive ketones (excluding diaryl/α,β-unsaturated/α-hetero) is 1. The van der Waals surface area contributed by atoms with Crippen LogP contribution in [0.25, 0.3) is 11.5 Å². The molecular weight excluding hydrogens is 336 g/mol. The number of ketones is 1. The Hall–Kier alpha value is -3.60. The van der Waals surface area contributed by atoms with E-state index in [-0.39, 0.29) is 5.78 Å². The molecule has 0 spiro atoms. The molecule has 5 nitrogen and oxygen atoms in total. The highest BCUT2D eigenvalue weighted by Crippen LogP contribution is 2.12. The molecule has 0 bridgehead atoms. The van der Waals surface area contributed by atoms with Crippen LogP contribution in [0.5, 0.6) is 0 Å². The Bertz CT molecular complexity index is 1070. The van der Waals surface area contributed by atoms with Gasteiger partial charge in [-0.3, -0.25) is 9.78 Å². The Balaban J connectivity index is 2.02. The van der Waals surface area contributed by atoms with Crippen LogP contribution < -0.4 is 27.2 Å². The lowest BCUT2D eigenvalue weighted by atomic mass is 10.1. The highest BCUT2D eigenvalue weighted by Gasteiger charge is 2.03. The Morgan fingerprint density at radius 2 is 1.67 bits per heavy atom. The second kappa shape index (κ2) is 8.19. The molecule has 0 saturated carbocycles. The first kappa shape index (κ1) is 18.2. The monoisotopic (exact) mass is 358 g/mol. The van der Waals surface area contributed by atoms with Gasteiger partial charge in [-0.2, -0.15) is 0 Å². The number of hydrogen-bond acceptors (Lipinski definition) is 5. The molecule has 0 amide bonds. The van der Waals surface area contributed by atoms with Crippen LogP contribution in [-0.2, 0) is 6.42 Å². The summed E-state index contributed by atoms with van der Waals surface area (Å²) in [7, 11) is 0. The molecule has 0 aliphatic carbocycles. The number of rotatable bonds is 5. The third kappa shape index (κ3) is 4.52. The quantitative estimate of drug-likeness (QED) is 0.604. The van der Waals surface area contributed by atoms with Crippen molar-refractivity contribution in [3.8, 4) is 0 Å². The fraction of sp³-hybridized carbons (Fsp3) is 0.0909. The van der Waals surface area contributed by atoms with Crippen molar-refractivity contribution in [2.45, 2.75) is 13.3 Å². The van der Waals surface area contributed by atoms with Gasteiger partial charge in [0, 0.05) is 46.2 Å². The molecule has 0 fully saturated rings. The van der Waals surface area contributed by atoms with Crippen LogP contribution in [0.1, 0.15) is 22.8 Å². The van der Waals surface area contributed by atoms with E-state index in [0.717, 1.165) is 27.4 Å². The highest BCUT2D eigenvalue weighted by atomic mass is 16.1. The van der Waals surface area contributed by atoms with Crippen molar-refractivity contribution in [3.63, 3.8) is 0 Å². The van der Waals surface area contributed by atoms with E-state index in [0.29, 0.717) is 17.8 Å². The first-order valence-corrected chi connectivity index (χ1v) is 8.65. The summed E-state index contributed by atoms with van der Waals surface area (Å²) in [4.78, 5) is 15.6. The highest BCUT2D eigenvalue weighted by molar-refractivity contribution is 5.95. The molecule has 0 saturated heterocycles. The molecule has 136 valence electrons. The van der Waals surface area contributed by atoms with E-state index in [1.807, 2.05) is 48.5 Å². The lowest BCUT2D eigenvalue weighted by Gasteiger charge is -2.09. The molecule has 1 aromatic heterocycles. The van der Waals surface area contributed by atoms with Gasteiger partial charge in [-0.1, -0.05) is 36.4 Å². The molecule has 3 rings (SSSR count). The maximum Gasteiger partial charge on any atom is 0.159 e. The summed E-state index contributed by atoms with van der Waals surface area (Å²) in [5, 5.41) is 4.87. The molecule has 3 aromatic rings. The largest absolute Gasteiger partial charge is 0.401 e. The predicted octanol–water partition coefficient (Wildman–Crippen LogP) is 1.73. The maximum absolute atomic E-state index is 11.6. The van der Waals surface area contributed by atoms with Crippen LogP contribution in [0.3, 0.4) is 0 Å². The van der Waals surface area contributed by atoms with E-state index >= 15 is 0 Å². The fourth-order valence-electron chi connectivity index (χ4n) is 2.85. The number of nitrogens with two attached hydrogens (primary N) is 2. The summed E-state index contributed by atoms with van der Waals surface area (Å²) >= 11 is 0. The Morgan fingerprint density at radius 1 is 0.963 bits per heavy atom. The van der Waals surface area contributed by atoms with Crippen LogP contribution in [-0.4, -0.2) is 10.8 Å². The summed E-state index contributed by atoms with van der Waals surface area (Å²) in [6, 6.07) is 18.8. The predicted molar refractivity (Wildman–Crippen MR) is 109 cm³/mol. The number of nitrogens with one attached hydrogen (secondary N) is 1. The van der Waals surface area contributed by atoms with Crippen LogP contribution in [0.2, 0.25) is 0 Å². The van der Waals surface area contributed by atoms with Crippen molar-refractivity contribution < 1.29 is 4.79 Å². The molecule has 0 radical (unpaired) electrons.